The van der Waals surface area contributed by atoms with Crippen LogP contribution >= 0.6 is 0 Å². The van der Waals surface area contributed by atoms with Gasteiger partial charge in [-0.2, -0.15) is 4.98 Å². The fourth-order valence-electron chi connectivity index (χ4n) is 5.22. The number of hydrogen-bond donors (Lipinski definition) is 2. The summed E-state index contributed by atoms with van der Waals surface area (Å²) in [5.41, 5.74) is 5.10. The van der Waals surface area contributed by atoms with Crippen molar-refractivity contribution in [3.05, 3.63) is 58.7 Å². The lowest BCUT2D eigenvalue weighted by Crippen LogP contribution is -2.33. The zero-order chi connectivity index (χ0) is 24.2. The first kappa shape index (κ1) is 24.0. The van der Waals surface area contributed by atoms with E-state index in [-0.39, 0.29) is 5.91 Å². The van der Waals surface area contributed by atoms with E-state index in [2.05, 4.69) is 35.8 Å². The Bertz CT molecular complexity index is 1140. The van der Waals surface area contributed by atoms with Crippen LogP contribution in [0.15, 0.2) is 36.4 Å². The first-order valence-electron chi connectivity index (χ1n) is 12.4. The van der Waals surface area contributed by atoms with Gasteiger partial charge < -0.3 is 15.5 Å². The molecule has 3 aromatic rings. The number of nitrogens with zero attached hydrogens (tertiary/aromatic N) is 3. The largest absolute Gasteiger partial charge is 0.362 e. The molecule has 2 N–H and O–H groups in total. The first-order chi connectivity index (χ1) is 16.3. The SMILES string of the molecule is Cc1cc(C)c(C(=O)NCC2CCC(CNc3nc(N(C)C)c4ccccc4n3)CC2)c(C)c1. The molecule has 1 fully saturated rings. The summed E-state index contributed by atoms with van der Waals surface area (Å²) in [5, 5.41) is 7.75. The number of carbonyl (C=O) groups excluding carboxylic acids is 1. The Morgan fingerprint density at radius 1 is 0.941 bits per heavy atom. The molecular weight excluding hydrogens is 422 g/mol. The zero-order valence-corrected chi connectivity index (χ0v) is 21.1. The van der Waals surface area contributed by atoms with E-state index in [9.17, 15) is 4.79 Å². The molecule has 1 aliphatic carbocycles. The second-order valence-corrected chi connectivity index (χ2v) is 10.0. The molecule has 180 valence electrons. The highest BCUT2D eigenvalue weighted by atomic mass is 16.1. The third kappa shape index (κ3) is 5.49. The normalized spacial score (nSPS) is 18.0. The van der Waals surface area contributed by atoms with Gasteiger partial charge in [0.05, 0.1) is 5.52 Å². The highest BCUT2D eigenvalue weighted by Crippen LogP contribution is 2.29. The van der Waals surface area contributed by atoms with Crippen LogP contribution in [-0.4, -0.2) is 43.1 Å². The van der Waals surface area contributed by atoms with Crippen molar-refractivity contribution in [3.63, 3.8) is 0 Å². The molecule has 34 heavy (non-hydrogen) atoms. The molecule has 0 unspecified atom stereocenters. The molecule has 4 rings (SSSR count). The molecule has 0 radical (unpaired) electrons. The molecule has 1 amide bonds. The number of carbonyl (C=O) groups is 1. The van der Waals surface area contributed by atoms with Crippen LogP contribution in [0.5, 0.6) is 0 Å². The topological polar surface area (TPSA) is 70.2 Å². The molecule has 0 bridgehead atoms. The maximum atomic E-state index is 12.8. The summed E-state index contributed by atoms with van der Waals surface area (Å²) in [6, 6.07) is 12.3. The minimum absolute atomic E-state index is 0.0592. The van der Waals surface area contributed by atoms with Gasteiger partial charge in [0.15, 0.2) is 0 Å². The highest BCUT2D eigenvalue weighted by Gasteiger charge is 2.23. The summed E-state index contributed by atoms with van der Waals surface area (Å²) in [5.74, 6) is 2.84. The van der Waals surface area contributed by atoms with Crippen molar-refractivity contribution in [2.24, 2.45) is 11.8 Å². The number of anilines is 2. The van der Waals surface area contributed by atoms with Gasteiger partial charge in [0, 0.05) is 38.1 Å². The molecule has 0 aliphatic heterocycles. The van der Waals surface area contributed by atoms with Crippen LogP contribution in [0.4, 0.5) is 11.8 Å². The molecule has 1 heterocycles. The van der Waals surface area contributed by atoms with Crippen molar-refractivity contribution in [1.82, 2.24) is 15.3 Å². The van der Waals surface area contributed by atoms with Crippen LogP contribution in [0.2, 0.25) is 0 Å². The van der Waals surface area contributed by atoms with E-state index in [4.69, 9.17) is 9.97 Å². The third-order valence-corrected chi connectivity index (χ3v) is 6.98. The van der Waals surface area contributed by atoms with Gasteiger partial charge in [0.25, 0.3) is 5.91 Å². The van der Waals surface area contributed by atoms with Gasteiger partial charge in [-0.05, 0) is 81.5 Å². The molecule has 1 aromatic heterocycles. The average Bonchev–Trinajstić information content (AvgIpc) is 2.80. The Labute approximate surface area is 203 Å². The van der Waals surface area contributed by atoms with Gasteiger partial charge in [-0.1, -0.05) is 29.8 Å². The number of para-hydroxylation sites is 1. The number of nitrogens with one attached hydrogen (secondary N) is 2. The van der Waals surface area contributed by atoms with Crippen LogP contribution in [0.25, 0.3) is 10.9 Å². The van der Waals surface area contributed by atoms with Crippen molar-refractivity contribution in [1.29, 1.82) is 0 Å². The van der Waals surface area contributed by atoms with E-state index in [1.54, 1.807) is 0 Å². The van der Waals surface area contributed by atoms with E-state index in [0.717, 1.165) is 72.2 Å². The minimum Gasteiger partial charge on any atom is -0.362 e. The Morgan fingerprint density at radius 2 is 1.56 bits per heavy atom. The average molecular weight is 460 g/mol. The van der Waals surface area contributed by atoms with Gasteiger partial charge in [-0.25, -0.2) is 4.98 Å². The molecule has 6 heteroatoms. The molecule has 0 saturated heterocycles. The Hall–Kier alpha value is -3.15. The summed E-state index contributed by atoms with van der Waals surface area (Å²) in [4.78, 5) is 24.3. The molecule has 6 nitrogen and oxygen atoms in total. The molecule has 1 aliphatic rings. The smallest absolute Gasteiger partial charge is 0.251 e. The summed E-state index contributed by atoms with van der Waals surface area (Å²) in [7, 11) is 4.03. The molecule has 0 spiro atoms. The second kappa shape index (κ2) is 10.4. The number of rotatable bonds is 7. The fraction of sp³-hybridized carbons (Fsp3) is 0.464. The van der Waals surface area contributed by atoms with Gasteiger partial charge in [-0.15, -0.1) is 0 Å². The van der Waals surface area contributed by atoms with Crippen molar-refractivity contribution in [3.8, 4) is 0 Å². The van der Waals surface area contributed by atoms with Crippen LogP contribution in [0.3, 0.4) is 0 Å². The van der Waals surface area contributed by atoms with Crippen LogP contribution in [-0.2, 0) is 0 Å². The number of amides is 1. The number of aryl methyl sites for hydroxylation is 3. The second-order valence-electron chi connectivity index (χ2n) is 10.0. The number of hydrogen-bond acceptors (Lipinski definition) is 5. The Kier molecular flexibility index (Phi) is 7.35. The summed E-state index contributed by atoms with van der Waals surface area (Å²) >= 11 is 0. The van der Waals surface area contributed by atoms with Crippen molar-refractivity contribution >= 4 is 28.6 Å². The summed E-state index contributed by atoms with van der Waals surface area (Å²) in [6.07, 6.45) is 4.59. The molecule has 2 aromatic carbocycles. The maximum Gasteiger partial charge on any atom is 0.251 e. The Morgan fingerprint density at radius 3 is 2.21 bits per heavy atom. The van der Waals surface area contributed by atoms with Gasteiger partial charge in [-0.3, -0.25) is 4.79 Å². The van der Waals surface area contributed by atoms with Gasteiger partial charge in [0.1, 0.15) is 5.82 Å². The number of fused-ring (bicyclic) bond motifs is 1. The lowest BCUT2D eigenvalue weighted by molar-refractivity contribution is 0.0940. The lowest BCUT2D eigenvalue weighted by Gasteiger charge is -2.29. The fourth-order valence-corrected chi connectivity index (χ4v) is 5.22. The van der Waals surface area contributed by atoms with Crippen LogP contribution < -0.4 is 15.5 Å². The third-order valence-electron chi connectivity index (χ3n) is 6.98. The zero-order valence-electron chi connectivity index (χ0n) is 21.1. The quantitative estimate of drug-likeness (QED) is 0.504. The highest BCUT2D eigenvalue weighted by molar-refractivity contribution is 5.97. The van der Waals surface area contributed by atoms with E-state index in [1.165, 1.54) is 5.56 Å². The summed E-state index contributed by atoms with van der Waals surface area (Å²) in [6.45, 7) is 7.75. The van der Waals surface area contributed by atoms with E-state index < -0.39 is 0 Å². The van der Waals surface area contributed by atoms with E-state index in [1.807, 2.05) is 51.0 Å². The predicted octanol–water partition coefficient (Wildman–Crippen LogP) is 5.27. The number of aromatic nitrogens is 2. The maximum absolute atomic E-state index is 12.8. The molecular formula is C28H37N5O. The minimum atomic E-state index is 0.0592. The lowest BCUT2D eigenvalue weighted by atomic mass is 9.82. The first-order valence-corrected chi connectivity index (χ1v) is 12.4. The predicted molar refractivity (Wildman–Crippen MR) is 141 cm³/mol. The van der Waals surface area contributed by atoms with E-state index >= 15 is 0 Å². The Balaban J connectivity index is 1.28. The summed E-state index contributed by atoms with van der Waals surface area (Å²) < 4.78 is 0. The van der Waals surface area contributed by atoms with Crippen molar-refractivity contribution < 1.29 is 4.79 Å². The van der Waals surface area contributed by atoms with E-state index in [0.29, 0.717) is 17.8 Å². The van der Waals surface area contributed by atoms with Crippen molar-refractivity contribution in [2.75, 3.05) is 37.4 Å². The number of benzene rings is 2. The van der Waals surface area contributed by atoms with Crippen LogP contribution in [0.1, 0.15) is 52.7 Å². The van der Waals surface area contributed by atoms with Crippen molar-refractivity contribution in [2.45, 2.75) is 46.5 Å². The van der Waals surface area contributed by atoms with Crippen LogP contribution in [0, 0.1) is 32.6 Å². The molecule has 0 atom stereocenters. The standard InChI is InChI=1S/C28H37N5O/c1-18-14-19(2)25(20(3)15-18)27(34)29-16-21-10-12-22(13-11-21)17-30-28-31-24-9-7-6-8-23(24)26(32-28)33(4)5/h6-9,14-15,21-22H,10-13,16-17H2,1-5H3,(H,29,34)(H,30,31,32). The van der Waals surface area contributed by atoms with Gasteiger partial charge >= 0.3 is 0 Å². The van der Waals surface area contributed by atoms with Gasteiger partial charge in [0.2, 0.25) is 5.95 Å². The molecule has 1 saturated carbocycles. The monoisotopic (exact) mass is 459 g/mol.